The average molecular weight is 320 g/mol. The minimum absolute atomic E-state index is 0.265. The van der Waals surface area contributed by atoms with Gasteiger partial charge in [0, 0.05) is 19.0 Å². The van der Waals surface area contributed by atoms with Crippen LogP contribution in [0.4, 0.5) is 13.6 Å². The van der Waals surface area contributed by atoms with E-state index in [-0.39, 0.29) is 13.1 Å². The minimum Gasteiger partial charge on any atom is -0.444 e. The van der Waals surface area contributed by atoms with Crippen molar-refractivity contribution >= 4 is 12.4 Å². The summed E-state index contributed by atoms with van der Waals surface area (Å²) >= 11 is 0. The van der Waals surface area contributed by atoms with Crippen LogP contribution in [0.5, 0.6) is 0 Å². The first-order valence-electron chi connectivity index (χ1n) is 7.52. The van der Waals surface area contributed by atoms with Crippen molar-refractivity contribution in [2.45, 2.75) is 45.1 Å². The largest absolute Gasteiger partial charge is 0.444 e. The number of carbonyl (C=O) groups excluding carboxylic acids is 2. The maximum Gasteiger partial charge on any atom is 0.410 e. The zero-order valence-corrected chi connectivity index (χ0v) is 13.8. The summed E-state index contributed by atoms with van der Waals surface area (Å²) in [5.41, 5.74) is -0.662. The molecule has 0 unspecified atom stereocenters. The summed E-state index contributed by atoms with van der Waals surface area (Å²) < 4.78 is 32.0. The van der Waals surface area contributed by atoms with Gasteiger partial charge in [-0.15, -0.1) is 0 Å². The minimum atomic E-state index is -2.89. The number of likely N-dealkylation sites (N-methyl/N-ethyl adjacent to an activating group) is 1. The molecule has 128 valence electrons. The molecule has 1 saturated carbocycles. The van der Waals surface area contributed by atoms with Crippen LogP contribution in [-0.4, -0.2) is 66.9 Å². The topological polar surface area (TPSA) is 49.9 Å². The number of nitrogens with zero attached hydrogens (tertiary/aromatic N) is 2. The predicted octanol–water partition coefficient (Wildman–Crippen LogP) is 2.40. The SMILES string of the molecule is CN1CCN(C(=O)OC(C)(C)C)CC(F)(F)C1.O=CC1CC1. The molecule has 2 rings (SSSR count). The van der Waals surface area contributed by atoms with Gasteiger partial charge in [-0.1, -0.05) is 0 Å². The molecule has 0 radical (unpaired) electrons. The van der Waals surface area contributed by atoms with Gasteiger partial charge in [0.2, 0.25) is 0 Å². The molecule has 22 heavy (non-hydrogen) atoms. The highest BCUT2D eigenvalue weighted by molar-refractivity contribution is 5.68. The van der Waals surface area contributed by atoms with Crippen molar-refractivity contribution in [1.82, 2.24) is 9.80 Å². The quantitative estimate of drug-likeness (QED) is 0.696. The van der Waals surface area contributed by atoms with E-state index in [0.717, 1.165) is 24.0 Å². The van der Waals surface area contributed by atoms with Crippen molar-refractivity contribution in [3.63, 3.8) is 0 Å². The van der Waals surface area contributed by atoms with E-state index in [4.69, 9.17) is 4.74 Å². The van der Waals surface area contributed by atoms with Crippen LogP contribution >= 0.6 is 0 Å². The first-order chi connectivity index (χ1) is 10.0. The van der Waals surface area contributed by atoms with Crippen molar-refractivity contribution in [3.05, 3.63) is 0 Å². The fourth-order valence-electron chi connectivity index (χ4n) is 1.89. The van der Waals surface area contributed by atoms with Crippen LogP contribution < -0.4 is 0 Å². The first-order valence-corrected chi connectivity index (χ1v) is 7.52. The van der Waals surface area contributed by atoms with Gasteiger partial charge in [-0.2, -0.15) is 0 Å². The highest BCUT2D eigenvalue weighted by Crippen LogP contribution is 2.25. The Morgan fingerprint density at radius 2 is 1.82 bits per heavy atom. The molecular weight excluding hydrogens is 294 g/mol. The van der Waals surface area contributed by atoms with E-state index in [1.807, 2.05) is 0 Å². The summed E-state index contributed by atoms with van der Waals surface area (Å²) in [5, 5.41) is 0. The Hall–Kier alpha value is -1.24. The molecule has 1 amide bonds. The number of hydrogen-bond donors (Lipinski definition) is 0. The standard InChI is InChI=1S/C11H20F2N2O2.C4H6O/c1-10(2,3)17-9(16)15-6-5-14(4)7-11(12,13)8-15;5-3-4-1-2-4/h5-8H2,1-4H3;3-4H,1-2H2. The van der Waals surface area contributed by atoms with Gasteiger partial charge in [-0.25, -0.2) is 13.6 Å². The monoisotopic (exact) mass is 320 g/mol. The number of rotatable bonds is 1. The molecule has 0 atom stereocenters. The lowest BCUT2D eigenvalue weighted by molar-refractivity contribution is -0.108. The number of ether oxygens (including phenoxy) is 1. The van der Waals surface area contributed by atoms with E-state index in [9.17, 15) is 18.4 Å². The maximum atomic E-state index is 13.5. The van der Waals surface area contributed by atoms with Gasteiger partial charge in [0.15, 0.2) is 0 Å². The molecule has 1 aliphatic carbocycles. The van der Waals surface area contributed by atoms with Crippen LogP contribution in [0.25, 0.3) is 0 Å². The Balaban J connectivity index is 0.000000406. The lowest BCUT2D eigenvalue weighted by Crippen LogP contribution is -2.43. The number of hydrogen-bond acceptors (Lipinski definition) is 4. The Labute approximate surface area is 130 Å². The fourth-order valence-corrected chi connectivity index (χ4v) is 1.89. The number of aldehydes is 1. The van der Waals surface area contributed by atoms with Gasteiger partial charge in [0.25, 0.3) is 5.92 Å². The van der Waals surface area contributed by atoms with Gasteiger partial charge in [0.1, 0.15) is 11.9 Å². The van der Waals surface area contributed by atoms with Crippen LogP contribution in [0.2, 0.25) is 0 Å². The molecule has 1 heterocycles. The third-order valence-corrected chi connectivity index (χ3v) is 3.14. The lowest BCUT2D eigenvalue weighted by Gasteiger charge is -2.27. The summed E-state index contributed by atoms with van der Waals surface area (Å²) in [7, 11) is 1.62. The third-order valence-electron chi connectivity index (χ3n) is 3.14. The Kier molecular flexibility index (Phi) is 6.28. The van der Waals surface area contributed by atoms with E-state index in [0.29, 0.717) is 12.5 Å². The van der Waals surface area contributed by atoms with Crippen LogP contribution in [0.3, 0.4) is 0 Å². The Morgan fingerprint density at radius 1 is 1.23 bits per heavy atom. The van der Waals surface area contributed by atoms with Crippen LogP contribution in [0.15, 0.2) is 0 Å². The smallest absolute Gasteiger partial charge is 0.410 e. The van der Waals surface area contributed by atoms with Crippen molar-refractivity contribution in [2.75, 3.05) is 33.2 Å². The second-order valence-corrected chi connectivity index (χ2v) is 6.97. The van der Waals surface area contributed by atoms with Gasteiger partial charge < -0.3 is 14.4 Å². The van der Waals surface area contributed by atoms with Crippen LogP contribution in [0.1, 0.15) is 33.6 Å². The maximum absolute atomic E-state index is 13.5. The molecular formula is C15H26F2N2O3. The molecule has 0 aromatic heterocycles. The lowest BCUT2D eigenvalue weighted by atomic mass is 10.2. The van der Waals surface area contributed by atoms with E-state index in [1.54, 1.807) is 27.8 Å². The number of alkyl halides is 2. The van der Waals surface area contributed by atoms with E-state index in [2.05, 4.69) is 0 Å². The fraction of sp³-hybridized carbons (Fsp3) is 0.867. The summed E-state index contributed by atoms with van der Waals surface area (Å²) in [5.74, 6) is -2.43. The normalized spacial score (nSPS) is 22.2. The van der Waals surface area contributed by atoms with E-state index in [1.165, 1.54) is 4.90 Å². The Bertz CT molecular complexity index is 393. The summed E-state index contributed by atoms with van der Waals surface area (Å²) in [6, 6.07) is 0. The molecule has 0 aromatic rings. The zero-order valence-electron chi connectivity index (χ0n) is 13.8. The second-order valence-electron chi connectivity index (χ2n) is 6.97. The van der Waals surface area contributed by atoms with Gasteiger partial charge >= 0.3 is 6.09 Å². The number of halogens is 2. The third kappa shape index (κ3) is 7.68. The highest BCUT2D eigenvalue weighted by atomic mass is 19.3. The van der Waals surface area contributed by atoms with Crippen molar-refractivity contribution in [2.24, 2.45) is 5.92 Å². The number of carbonyl (C=O) groups is 2. The van der Waals surface area contributed by atoms with E-state index >= 15 is 0 Å². The summed E-state index contributed by atoms with van der Waals surface area (Å²) in [4.78, 5) is 23.9. The molecule has 0 N–H and O–H groups in total. The first kappa shape index (κ1) is 18.8. The Morgan fingerprint density at radius 3 is 2.23 bits per heavy atom. The van der Waals surface area contributed by atoms with Crippen molar-refractivity contribution in [1.29, 1.82) is 0 Å². The molecule has 2 aliphatic rings. The molecule has 7 heteroatoms. The van der Waals surface area contributed by atoms with Gasteiger partial charge in [-0.3, -0.25) is 4.90 Å². The highest BCUT2D eigenvalue weighted by Gasteiger charge is 2.38. The van der Waals surface area contributed by atoms with Crippen LogP contribution in [-0.2, 0) is 9.53 Å². The summed E-state index contributed by atoms with van der Waals surface area (Å²) in [6.07, 6.45) is 2.64. The molecule has 1 saturated heterocycles. The molecule has 1 aliphatic heterocycles. The second kappa shape index (κ2) is 7.35. The van der Waals surface area contributed by atoms with E-state index < -0.39 is 24.2 Å². The molecule has 0 bridgehead atoms. The average Bonchev–Trinajstić information content (AvgIpc) is 3.15. The van der Waals surface area contributed by atoms with Crippen molar-refractivity contribution in [3.8, 4) is 0 Å². The number of amides is 1. The predicted molar refractivity (Wildman–Crippen MR) is 79.0 cm³/mol. The molecule has 5 nitrogen and oxygen atoms in total. The summed E-state index contributed by atoms with van der Waals surface area (Å²) in [6.45, 7) is 4.93. The molecule has 0 spiro atoms. The van der Waals surface area contributed by atoms with Gasteiger partial charge in [0.05, 0.1) is 13.1 Å². The molecule has 0 aromatic carbocycles. The van der Waals surface area contributed by atoms with Crippen LogP contribution in [0, 0.1) is 5.92 Å². The zero-order chi connectivity index (χ0) is 17.0. The van der Waals surface area contributed by atoms with Crippen molar-refractivity contribution < 1.29 is 23.1 Å². The molecule has 2 fully saturated rings. The van der Waals surface area contributed by atoms with Gasteiger partial charge in [-0.05, 0) is 40.7 Å².